The van der Waals surface area contributed by atoms with Crippen molar-refractivity contribution in [3.8, 4) is 0 Å². The van der Waals surface area contributed by atoms with E-state index in [1.165, 1.54) is 6.42 Å². The van der Waals surface area contributed by atoms with Gasteiger partial charge in [-0.25, -0.2) is 0 Å². The maximum atomic E-state index is 12.8. The molecule has 1 spiro atoms. The number of carbonyl (C=O) groups excluding carboxylic acids is 1. The fourth-order valence-electron chi connectivity index (χ4n) is 7.67. The molecule has 4 aliphatic rings. The first-order chi connectivity index (χ1) is 10.3. The summed E-state index contributed by atoms with van der Waals surface area (Å²) >= 11 is 0. The first kappa shape index (κ1) is 15.1. The second-order valence-corrected chi connectivity index (χ2v) is 9.34. The Labute approximate surface area is 133 Å². The molecule has 8 atom stereocenters. The molecule has 3 heteroatoms. The summed E-state index contributed by atoms with van der Waals surface area (Å²) in [5, 5.41) is 20.5. The van der Waals surface area contributed by atoms with E-state index >= 15 is 0 Å². The smallest absolute Gasteiger partial charge is 0.141 e. The molecule has 4 rings (SSSR count). The summed E-state index contributed by atoms with van der Waals surface area (Å²) < 4.78 is 0. The SMILES string of the molecule is C[C@H]1[C@H](O)CC(=O)[C@]2(C)CC[C@H]3[C@H]4[C@H](CC[C@]4(C)CO)C[C@]132. The van der Waals surface area contributed by atoms with Crippen LogP contribution in [0.15, 0.2) is 0 Å². The average molecular weight is 306 g/mol. The number of fused-ring (bicyclic) bond motifs is 2. The minimum atomic E-state index is -0.472. The minimum Gasteiger partial charge on any atom is -0.396 e. The first-order valence-corrected chi connectivity index (χ1v) is 9.12. The van der Waals surface area contributed by atoms with E-state index in [-0.39, 0.29) is 28.8 Å². The van der Waals surface area contributed by atoms with Gasteiger partial charge in [0, 0.05) is 18.4 Å². The van der Waals surface area contributed by atoms with Crippen LogP contribution < -0.4 is 0 Å². The van der Waals surface area contributed by atoms with Crippen LogP contribution in [0.3, 0.4) is 0 Å². The van der Waals surface area contributed by atoms with Crippen molar-refractivity contribution in [3.63, 3.8) is 0 Å². The number of aliphatic hydroxyl groups is 2. The molecule has 0 bridgehead atoms. The molecule has 22 heavy (non-hydrogen) atoms. The van der Waals surface area contributed by atoms with Crippen molar-refractivity contribution >= 4 is 5.78 Å². The maximum absolute atomic E-state index is 12.8. The van der Waals surface area contributed by atoms with Crippen LogP contribution in [0.1, 0.15) is 59.3 Å². The molecule has 0 aliphatic heterocycles. The van der Waals surface area contributed by atoms with Crippen LogP contribution in [0.2, 0.25) is 0 Å². The second-order valence-electron chi connectivity index (χ2n) is 9.34. The highest BCUT2D eigenvalue weighted by Crippen LogP contribution is 2.77. The number of ketones is 1. The van der Waals surface area contributed by atoms with E-state index in [0.29, 0.717) is 30.0 Å². The van der Waals surface area contributed by atoms with E-state index in [4.69, 9.17) is 0 Å². The van der Waals surface area contributed by atoms with Gasteiger partial charge in [-0.2, -0.15) is 0 Å². The fraction of sp³-hybridized carbons (Fsp3) is 0.947. The molecule has 4 fully saturated rings. The van der Waals surface area contributed by atoms with E-state index in [9.17, 15) is 15.0 Å². The molecule has 0 heterocycles. The van der Waals surface area contributed by atoms with Gasteiger partial charge in [0.05, 0.1) is 6.10 Å². The van der Waals surface area contributed by atoms with Crippen molar-refractivity contribution in [1.29, 1.82) is 0 Å². The third-order valence-electron chi connectivity index (χ3n) is 8.84. The van der Waals surface area contributed by atoms with Crippen LogP contribution in [0.4, 0.5) is 0 Å². The molecule has 0 radical (unpaired) electrons. The normalized spacial score (nSPS) is 60.2. The molecule has 0 amide bonds. The van der Waals surface area contributed by atoms with Crippen molar-refractivity contribution in [1.82, 2.24) is 0 Å². The highest BCUT2D eigenvalue weighted by molar-refractivity contribution is 5.87. The predicted octanol–water partition coefficient (Wildman–Crippen LogP) is 2.79. The van der Waals surface area contributed by atoms with E-state index in [1.807, 2.05) is 0 Å². The molecular weight excluding hydrogens is 276 g/mol. The Balaban J connectivity index is 1.83. The van der Waals surface area contributed by atoms with Crippen molar-refractivity contribution in [2.24, 2.45) is 39.9 Å². The molecule has 0 aromatic heterocycles. The predicted molar refractivity (Wildman–Crippen MR) is 84.1 cm³/mol. The van der Waals surface area contributed by atoms with Crippen LogP contribution in [-0.4, -0.2) is 28.7 Å². The minimum absolute atomic E-state index is 0.0199. The molecule has 124 valence electrons. The van der Waals surface area contributed by atoms with Crippen LogP contribution in [0.5, 0.6) is 0 Å². The van der Waals surface area contributed by atoms with E-state index in [1.54, 1.807) is 0 Å². The maximum Gasteiger partial charge on any atom is 0.141 e. The first-order valence-electron chi connectivity index (χ1n) is 9.12. The summed E-state index contributed by atoms with van der Waals surface area (Å²) in [6, 6.07) is 0. The molecule has 2 N–H and O–H groups in total. The van der Waals surface area contributed by atoms with Gasteiger partial charge < -0.3 is 10.2 Å². The van der Waals surface area contributed by atoms with Crippen LogP contribution in [0, 0.1) is 39.9 Å². The van der Waals surface area contributed by atoms with Gasteiger partial charge >= 0.3 is 0 Å². The Bertz CT molecular complexity index is 517. The molecule has 0 saturated heterocycles. The molecule has 4 aliphatic carbocycles. The average Bonchev–Trinajstić information content (AvgIpc) is 3.08. The van der Waals surface area contributed by atoms with Gasteiger partial charge in [0.15, 0.2) is 0 Å². The van der Waals surface area contributed by atoms with E-state index in [2.05, 4.69) is 20.8 Å². The molecule has 3 nitrogen and oxygen atoms in total. The zero-order valence-electron chi connectivity index (χ0n) is 14.1. The Kier molecular flexibility index (Phi) is 3.00. The van der Waals surface area contributed by atoms with Crippen molar-refractivity contribution in [2.45, 2.75) is 65.4 Å². The van der Waals surface area contributed by atoms with Crippen molar-refractivity contribution in [2.75, 3.05) is 6.61 Å². The summed E-state index contributed by atoms with van der Waals surface area (Å²) in [6.07, 6.45) is 5.37. The van der Waals surface area contributed by atoms with Crippen LogP contribution in [0.25, 0.3) is 0 Å². The lowest BCUT2D eigenvalue weighted by atomic mass is 9.50. The van der Waals surface area contributed by atoms with Gasteiger partial charge in [-0.05, 0) is 66.6 Å². The largest absolute Gasteiger partial charge is 0.396 e. The van der Waals surface area contributed by atoms with E-state index < -0.39 is 6.10 Å². The Hall–Kier alpha value is -0.410. The van der Waals surface area contributed by atoms with Gasteiger partial charge in [-0.3, -0.25) is 4.79 Å². The quantitative estimate of drug-likeness (QED) is 0.783. The third-order valence-corrected chi connectivity index (χ3v) is 8.84. The Morgan fingerprint density at radius 1 is 1.23 bits per heavy atom. The number of aliphatic hydroxyl groups excluding tert-OH is 2. The highest BCUT2D eigenvalue weighted by atomic mass is 16.3. The lowest BCUT2D eigenvalue weighted by Gasteiger charge is -2.54. The fourth-order valence-corrected chi connectivity index (χ4v) is 7.67. The van der Waals surface area contributed by atoms with Crippen LogP contribution in [-0.2, 0) is 4.79 Å². The van der Waals surface area contributed by atoms with Gasteiger partial charge in [-0.15, -0.1) is 0 Å². The molecule has 0 unspecified atom stereocenters. The number of carbonyl (C=O) groups is 1. The topological polar surface area (TPSA) is 57.5 Å². The lowest BCUT2D eigenvalue weighted by Crippen LogP contribution is -2.56. The Morgan fingerprint density at radius 3 is 2.64 bits per heavy atom. The zero-order chi connectivity index (χ0) is 15.9. The van der Waals surface area contributed by atoms with Crippen LogP contribution >= 0.6 is 0 Å². The van der Waals surface area contributed by atoms with Gasteiger partial charge in [0.25, 0.3) is 0 Å². The molecule has 4 saturated carbocycles. The highest BCUT2D eigenvalue weighted by Gasteiger charge is 2.74. The lowest BCUT2D eigenvalue weighted by molar-refractivity contribution is -0.158. The van der Waals surface area contributed by atoms with Gasteiger partial charge in [0.1, 0.15) is 5.78 Å². The summed E-state index contributed by atoms with van der Waals surface area (Å²) in [7, 11) is 0. The third kappa shape index (κ3) is 1.44. The van der Waals surface area contributed by atoms with Gasteiger partial charge in [-0.1, -0.05) is 20.8 Å². The molecule has 0 aromatic carbocycles. The van der Waals surface area contributed by atoms with E-state index in [0.717, 1.165) is 25.7 Å². The molecule has 0 aromatic rings. The monoisotopic (exact) mass is 306 g/mol. The summed E-state index contributed by atoms with van der Waals surface area (Å²) in [5.41, 5.74) is -0.236. The number of rotatable bonds is 1. The summed E-state index contributed by atoms with van der Waals surface area (Å²) in [4.78, 5) is 12.8. The Morgan fingerprint density at radius 2 is 1.95 bits per heavy atom. The number of Topliss-reactive ketones (excluding diaryl/α,β-unsaturated/α-hetero) is 1. The van der Waals surface area contributed by atoms with Crippen molar-refractivity contribution < 1.29 is 15.0 Å². The standard InChI is InChI=1S/C19H30O3/c1-11-14(21)8-15(22)18(3)7-5-13-16-12(9-19(11,13)18)4-6-17(16,2)10-20/h11-14,16,20-21H,4-10H2,1-3H3/t11-,12+,13-,14+,16+,17+,18-,19-/m0/s1. The summed E-state index contributed by atoms with van der Waals surface area (Å²) in [5.74, 6) is 2.20. The second kappa shape index (κ2) is 4.36. The number of hydrogen-bond acceptors (Lipinski definition) is 3. The number of hydrogen-bond donors (Lipinski definition) is 2. The molecular formula is C19H30O3. The van der Waals surface area contributed by atoms with Gasteiger partial charge in [0.2, 0.25) is 0 Å². The zero-order valence-corrected chi connectivity index (χ0v) is 14.1. The summed E-state index contributed by atoms with van der Waals surface area (Å²) in [6.45, 7) is 6.89. The van der Waals surface area contributed by atoms with Crippen molar-refractivity contribution in [3.05, 3.63) is 0 Å².